The molecule has 334 valence electrons. The van der Waals surface area contributed by atoms with Crippen molar-refractivity contribution in [3.8, 4) is 27.9 Å². The first kappa shape index (κ1) is 40.8. The second-order valence-corrected chi connectivity index (χ2v) is 18.7. The average Bonchev–Trinajstić information content (AvgIpc) is 4.00. The molecule has 2 aromatic heterocycles. The molecule has 0 bridgehead atoms. The van der Waals surface area contributed by atoms with E-state index in [0.29, 0.717) is 0 Å². The summed E-state index contributed by atoms with van der Waals surface area (Å²) < 4.78 is 8.89. The Bertz CT molecular complexity index is 4210. The Morgan fingerprint density at radius 3 is 1.63 bits per heavy atom. The monoisotopic (exact) mass is 906 g/mol. The lowest BCUT2D eigenvalue weighted by molar-refractivity contribution is 0.667. The van der Waals surface area contributed by atoms with Gasteiger partial charge in [0.15, 0.2) is 0 Å². The summed E-state index contributed by atoms with van der Waals surface area (Å²) in [6.07, 6.45) is 6.50. The Balaban J connectivity index is 0.881. The van der Waals surface area contributed by atoms with E-state index in [0.717, 1.165) is 57.7 Å². The van der Waals surface area contributed by atoms with E-state index in [-0.39, 0.29) is 0 Å². The van der Waals surface area contributed by atoms with Gasteiger partial charge in [-0.05, 0) is 117 Å². The van der Waals surface area contributed by atoms with Crippen molar-refractivity contribution in [2.45, 2.75) is 12.8 Å². The Morgan fingerprint density at radius 1 is 0.352 bits per heavy atom. The first-order valence-electron chi connectivity index (χ1n) is 24.6. The maximum atomic E-state index is 6.44. The zero-order valence-electron chi connectivity index (χ0n) is 39.0. The molecule has 0 aliphatic heterocycles. The fraction of sp³-hybridized carbons (Fsp3) is 0.0294. The minimum Gasteiger partial charge on any atom is -0.455 e. The number of fused-ring (bicyclic) bond motifs is 9. The molecular weight excluding hydrogens is 861 g/mol. The summed E-state index contributed by atoms with van der Waals surface area (Å²) in [5, 5.41) is 9.73. The highest BCUT2D eigenvalue weighted by atomic mass is 16.3. The summed E-state index contributed by atoms with van der Waals surface area (Å²) in [4.78, 5) is 2.44. The molecule has 0 saturated heterocycles. The van der Waals surface area contributed by atoms with Crippen molar-refractivity contribution in [1.82, 2.24) is 4.57 Å². The highest BCUT2D eigenvalue weighted by Crippen LogP contribution is 2.45. The molecule has 0 amide bonds. The molecule has 0 N–H and O–H groups in total. The van der Waals surface area contributed by atoms with Gasteiger partial charge in [0, 0.05) is 49.4 Å². The number of hydrogen-bond acceptors (Lipinski definition) is 2. The molecule has 0 radical (unpaired) electrons. The van der Waals surface area contributed by atoms with Crippen molar-refractivity contribution >= 4 is 93.5 Å². The second-order valence-electron chi connectivity index (χ2n) is 18.7. The molecular formula is C68H46N2O. The van der Waals surface area contributed by atoms with E-state index in [1.54, 1.807) is 0 Å². The van der Waals surface area contributed by atoms with Crippen LogP contribution in [-0.4, -0.2) is 4.57 Å². The molecule has 3 nitrogen and oxygen atoms in total. The van der Waals surface area contributed by atoms with Crippen LogP contribution in [0.25, 0.3) is 104 Å². The minimum absolute atomic E-state index is 0.933. The normalized spacial score (nSPS) is 12.8. The summed E-state index contributed by atoms with van der Waals surface area (Å²) >= 11 is 0. The molecule has 2 heterocycles. The third-order valence-electron chi connectivity index (χ3n) is 14.7. The maximum absolute atomic E-state index is 6.44. The van der Waals surface area contributed by atoms with Gasteiger partial charge in [0.2, 0.25) is 0 Å². The lowest BCUT2D eigenvalue weighted by atomic mass is 9.89. The van der Waals surface area contributed by atoms with Crippen LogP contribution < -0.4 is 4.90 Å². The standard InChI is InChI=1S/C68H46N2O/c1-2-15-45(16-3-1)50-37-42-55(65(43-50)70-63-26-11-8-21-59(63)60-22-9-12-27-64(60)70)48-35-40-53(41-36-48)69(66-44-51-17-4-5-18-54(51)57-19-6-7-20-58(57)66)52-38-33-47(34-39-52)46-29-31-49(32-30-46)56-24-14-25-62-61-23-10-13-28-67(61)71-68(56)62/h1-29,31,33-44H,30,32H2. The van der Waals surface area contributed by atoms with Gasteiger partial charge in [0.05, 0.1) is 22.4 Å². The molecule has 0 atom stereocenters. The van der Waals surface area contributed by atoms with E-state index in [1.807, 2.05) is 6.07 Å². The first-order chi connectivity index (χ1) is 35.2. The highest BCUT2D eigenvalue weighted by molar-refractivity contribution is 6.15. The number of allylic oxidation sites excluding steroid dienone is 4. The van der Waals surface area contributed by atoms with E-state index in [1.165, 1.54) is 87.7 Å². The van der Waals surface area contributed by atoms with E-state index >= 15 is 0 Å². The Morgan fingerprint density at radius 2 is 0.915 bits per heavy atom. The first-order valence-corrected chi connectivity index (χ1v) is 24.6. The van der Waals surface area contributed by atoms with E-state index in [9.17, 15) is 0 Å². The molecule has 0 saturated carbocycles. The van der Waals surface area contributed by atoms with Gasteiger partial charge >= 0.3 is 0 Å². The Labute approximate surface area is 412 Å². The van der Waals surface area contributed by atoms with Crippen LogP contribution in [0.4, 0.5) is 17.1 Å². The summed E-state index contributed by atoms with van der Waals surface area (Å²) in [7, 11) is 0. The average molecular weight is 907 g/mol. The van der Waals surface area contributed by atoms with Crippen molar-refractivity contribution in [3.63, 3.8) is 0 Å². The number of anilines is 3. The van der Waals surface area contributed by atoms with Gasteiger partial charge < -0.3 is 13.9 Å². The zero-order valence-corrected chi connectivity index (χ0v) is 39.0. The molecule has 1 aliphatic carbocycles. The smallest absolute Gasteiger partial charge is 0.142 e. The van der Waals surface area contributed by atoms with Crippen LogP contribution in [0.2, 0.25) is 0 Å². The molecule has 0 spiro atoms. The minimum atomic E-state index is 0.933. The Hall–Kier alpha value is -9.18. The third kappa shape index (κ3) is 6.89. The quantitative estimate of drug-likeness (QED) is 0.142. The predicted molar refractivity (Wildman–Crippen MR) is 300 cm³/mol. The van der Waals surface area contributed by atoms with Crippen LogP contribution in [0.15, 0.2) is 259 Å². The van der Waals surface area contributed by atoms with Crippen LogP contribution in [0, 0.1) is 0 Å². The van der Waals surface area contributed by atoms with Crippen LogP contribution in [0.3, 0.4) is 0 Å². The Kier molecular flexibility index (Phi) is 9.67. The molecule has 3 heteroatoms. The number of benzene rings is 11. The van der Waals surface area contributed by atoms with Crippen molar-refractivity contribution in [2.75, 3.05) is 4.90 Å². The van der Waals surface area contributed by atoms with Gasteiger partial charge in [0.25, 0.3) is 0 Å². The summed E-state index contributed by atoms with van der Waals surface area (Å²) in [6.45, 7) is 0. The lowest BCUT2D eigenvalue weighted by Gasteiger charge is -2.28. The van der Waals surface area contributed by atoms with E-state index in [4.69, 9.17) is 4.42 Å². The topological polar surface area (TPSA) is 21.3 Å². The second kappa shape index (κ2) is 16.8. The number of aromatic nitrogens is 1. The molecule has 1 aliphatic rings. The number of furan rings is 1. The lowest BCUT2D eigenvalue weighted by Crippen LogP contribution is -2.11. The number of hydrogen-bond donors (Lipinski definition) is 0. The van der Waals surface area contributed by atoms with Crippen LogP contribution in [0.5, 0.6) is 0 Å². The number of para-hydroxylation sites is 4. The van der Waals surface area contributed by atoms with Crippen LogP contribution >= 0.6 is 0 Å². The fourth-order valence-corrected chi connectivity index (χ4v) is 11.3. The van der Waals surface area contributed by atoms with Crippen molar-refractivity contribution in [2.24, 2.45) is 0 Å². The molecule has 0 fully saturated rings. The molecule has 14 rings (SSSR count). The summed E-state index contributed by atoms with van der Waals surface area (Å²) in [5.74, 6) is 0. The molecule has 71 heavy (non-hydrogen) atoms. The molecule has 13 aromatic rings. The summed E-state index contributed by atoms with van der Waals surface area (Å²) in [5.41, 5.74) is 18.5. The van der Waals surface area contributed by atoms with Crippen LogP contribution in [-0.2, 0) is 0 Å². The van der Waals surface area contributed by atoms with Gasteiger partial charge in [-0.3, -0.25) is 0 Å². The predicted octanol–water partition coefficient (Wildman–Crippen LogP) is 19.1. The SMILES string of the molecule is C1=C(c2ccc(N(c3ccc(-c4ccc(-c5ccccc5)cc4-n4c5ccccc5c5ccccc54)cc3)c3cc4ccccc4c4ccccc34)cc2)CCC(c2cccc3c2oc2ccccc23)=C1. The number of rotatable bonds is 8. The van der Waals surface area contributed by atoms with Crippen molar-refractivity contribution in [1.29, 1.82) is 0 Å². The van der Waals surface area contributed by atoms with Gasteiger partial charge in [-0.2, -0.15) is 0 Å². The molecule has 0 unspecified atom stereocenters. The van der Waals surface area contributed by atoms with Crippen LogP contribution in [0.1, 0.15) is 24.0 Å². The zero-order chi connectivity index (χ0) is 46.8. The van der Waals surface area contributed by atoms with Crippen molar-refractivity contribution < 1.29 is 4.42 Å². The van der Waals surface area contributed by atoms with Gasteiger partial charge in [-0.15, -0.1) is 0 Å². The van der Waals surface area contributed by atoms with E-state index < -0.39 is 0 Å². The fourth-order valence-electron chi connectivity index (χ4n) is 11.3. The summed E-state index contributed by atoms with van der Waals surface area (Å²) in [6, 6.07) is 88.4. The van der Waals surface area contributed by atoms with Gasteiger partial charge in [0.1, 0.15) is 11.2 Å². The van der Waals surface area contributed by atoms with Crippen molar-refractivity contribution in [3.05, 3.63) is 266 Å². The highest BCUT2D eigenvalue weighted by Gasteiger charge is 2.22. The van der Waals surface area contributed by atoms with Gasteiger partial charge in [-0.25, -0.2) is 0 Å². The molecule has 11 aromatic carbocycles. The third-order valence-corrected chi connectivity index (χ3v) is 14.7. The number of nitrogens with zero attached hydrogens (tertiary/aromatic N) is 2. The maximum Gasteiger partial charge on any atom is 0.142 e. The van der Waals surface area contributed by atoms with E-state index in [2.05, 4.69) is 258 Å². The van der Waals surface area contributed by atoms with Gasteiger partial charge in [-0.1, -0.05) is 200 Å². The largest absolute Gasteiger partial charge is 0.455 e.